The molecule has 0 radical (unpaired) electrons. The quantitative estimate of drug-likeness (QED) is 0.778. The zero-order valence-corrected chi connectivity index (χ0v) is 12.7. The van der Waals surface area contributed by atoms with E-state index >= 15 is 0 Å². The number of halogens is 3. The molecule has 0 aliphatic rings. The molecule has 2 rings (SSSR count). The average Bonchev–Trinajstić information content (AvgIpc) is 2.45. The van der Waals surface area contributed by atoms with Crippen molar-refractivity contribution < 1.29 is 9.18 Å². The monoisotopic (exact) mass is 325 g/mol. The normalized spacial score (nSPS) is 10.4. The van der Waals surface area contributed by atoms with Gasteiger partial charge in [0.1, 0.15) is 5.82 Å². The van der Waals surface area contributed by atoms with Crippen LogP contribution in [0.3, 0.4) is 0 Å². The molecule has 2 nitrogen and oxygen atoms in total. The van der Waals surface area contributed by atoms with E-state index in [1.807, 2.05) is 18.2 Å². The van der Waals surface area contributed by atoms with Gasteiger partial charge < -0.3 is 5.32 Å². The number of aryl methyl sites for hydroxylation is 1. The van der Waals surface area contributed by atoms with Crippen LogP contribution in [0.15, 0.2) is 42.5 Å². The van der Waals surface area contributed by atoms with Crippen molar-refractivity contribution in [2.24, 2.45) is 0 Å². The summed E-state index contributed by atoms with van der Waals surface area (Å²) in [5, 5.41) is 2.94. The number of carbonyl (C=O) groups excluding carboxylic acids is 1. The summed E-state index contributed by atoms with van der Waals surface area (Å²) in [5.41, 5.74) is 1.66. The zero-order chi connectivity index (χ0) is 15.2. The lowest BCUT2D eigenvalue weighted by Gasteiger charge is -2.08. The van der Waals surface area contributed by atoms with Gasteiger partial charge in [0.15, 0.2) is 0 Å². The Morgan fingerprint density at radius 2 is 2.00 bits per heavy atom. The Balaban J connectivity index is 2.12. The highest BCUT2D eigenvalue weighted by Gasteiger charge is 2.12. The van der Waals surface area contributed by atoms with Crippen LogP contribution >= 0.6 is 23.2 Å². The summed E-state index contributed by atoms with van der Waals surface area (Å²) in [4.78, 5) is 12.1. The third-order valence-corrected chi connectivity index (χ3v) is 3.46. The molecule has 2 aromatic rings. The lowest BCUT2D eigenvalue weighted by atomic mass is 10.1. The van der Waals surface area contributed by atoms with Gasteiger partial charge in [-0.05, 0) is 48.7 Å². The van der Waals surface area contributed by atoms with Crippen LogP contribution in [0.4, 0.5) is 10.1 Å². The topological polar surface area (TPSA) is 29.1 Å². The maximum atomic E-state index is 13.7. The molecule has 0 bridgehead atoms. The maximum absolute atomic E-state index is 13.7. The highest BCUT2D eigenvalue weighted by atomic mass is 35.5. The number of nitrogens with one attached hydrogen (secondary N) is 1. The Labute approximate surface area is 132 Å². The standard InChI is InChI=1S/C16H14Cl2FNO/c17-8-2-4-11-3-1-5-13(9-11)20-16(21)14-7-6-12(18)10-15(14)19/h1,3,5-7,9-10H,2,4,8H2,(H,20,21). The molecular weight excluding hydrogens is 312 g/mol. The first-order valence-corrected chi connectivity index (χ1v) is 7.42. The van der Waals surface area contributed by atoms with Crippen molar-refractivity contribution in [1.82, 2.24) is 0 Å². The van der Waals surface area contributed by atoms with E-state index in [0.29, 0.717) is 11.6 Å². The fraction of sp³-hybridized carbons (Fsp3) is 0.188. The molecule has 110 valence electrons. The molecule has 5 heteroatoms. The van der Waals surface area contributed by atoms with Gasteiger partial charge in [-0.25, -0.2) is 4.39 Å². The molecule has 0 spiro atoms. The number of rotatable bonds is 5. The second-order valence-corrected chi connectivity index (χ2v) is 5.39. The number of hydrogen-bond donors (Lipinski definition) is 1. The van der Waals surface area contributed by atoms with E-state index in [4.69, 9.17) is 23.2 Å². The molecule has 0 saturated carbocycles. The maximum Gasteiger partial charge on any atom is 0.258 e. The van der Waals surface area contributed by atoms with Crippen LogP contribution in [0.2, 0.25) is 5.02 Å². The summed E-state index contributed by atoms with van der Waals surface area (Å²) >= 11 is 11.3. The van der Waals surface area contributed by atoms with Crippen molar-refractivity contribution in [3.63, 3.8) is 0 Å². The SMILES string of the molecule is O=C(Nc1cccc(CCCCl)c1)c1ccc(Cl)cc1F. The molecule has 0 fully saturated rings. The zero-order valence-electron chi connectivity index (χ0n) is 11.2. The molecule has 0 atom stereocenters. The molecule has 0 aliphatic heterocycles. The Morgan fingerprint density at radius 1 is 1.19 bits per heavy atom. The number of anilines is 1. The first-order valence-electron chi connectivity index (χ1n) is 6.51. The van der Waals surface area contributed by atoms with E-state index in [1.165, 1.54) is 12.1 Å². The highest BCUT2D eigenvalue weighted by molar-refractivity contribution is 6.30. The third-order valence-electron chi connectivity index (χ3n) is 2.96. The summed E-state index contributed by atoms with van der Waals surface area (Å²) in [5.74, 6) is -0.552. The number of amides is 1. The summed E-state index contributed by atoms with van der Waals surface area (Å²) in [7, 11) is 0. The van der Waals surface area contributed by atoms with Gasteiger partial charge in [-0.2, -0.15) is 0 Å². The Hall–Kier alpha value is -1.58. The third kappa shape index (κ3) is 4.45. The molecule has 0 saturated heterocycles. The predicted molar refractivity (Wildman–Crippen MR) is 84.8 cm³/mol. The molecule has 0 aliphatic carbocycles. The fourth-order valence-electron chi connectivity index (χ4n) is 1.95. The first kappa shape index (κ1) is 15.8. The van der Waals surface area contributed by atoms with Gasteiger partial charge in [0.25, 0.3) is 5.91 Å². The van der Waals surface area contributed by atoms with E-state index in [1.54, 1.807) is 6.07 Å². The van der Waals surface area contributed by atoms with Crippen LogP contribution in [0.1, 0.15) is 22.3 Å². The Morgan fingerprint density at radius 3 is 2.71 bits per heavy atom. The lowest BCUT2D eigenvalue weighted by Crippen LogP contribution is -2.13. The number of carbonyl (C=O) groups is 1. The fourth-order valence-corrected chi connectivity index (χ4v) is 2.24. The Kier molecular flexibility index (Phi) is 5.59. The van der Waals surface area contributed by atoms with Crippen LogP contribution < -0.4 is 5.32 Å². The van der Waals surface area contributed by atoms with Crippen molar-refractivity contribution in [2.45, 2.75) is 12.8 Å². The largest absolute Gasteiger partial charge is 0.322 e. The molecule has 1 N–H and O–H groups in total. The van der Waals surface area contributed by atoms with Crippen molar-refractivity contribution in [3.05, 3.63) is 64.4 Å². The molecular formula is C16H14Cl2FNO. The van der Waals surface area contributed by atoms with E-state index in [9.17, 15) is 9.18 Å². The van der Waals surface area contributed by atoms with E-state index in [0.717, 1.165) is 24.5 Å². The minimum Gasteiger partial charge on any atom is -0.322 e. The minimum absolute atomic E-state index is 0.0365. The summed E-state index contributed by atoms with van der Waals surface area (Å²) in [6.07, 6.45) is 1.70. The van der Waals surface area contributed by atoms with Crippen LogP contribution in [0.25, 0.3) is 0 Å². The second kappa shape index (κ2) is 7.43. The van der Waals surface area contributed by atoms with Gasteiger partial charge in [-0.15, -0.1) is 11.6 Å². The summed E-state index contributed by atoms with van der Waals surface area (Å²) in [6, 6.07) is 11.4. The minimum atomic E-state index is -0.640. The van der Waals surface area contributed by atoms with E-state index in [-0.39, 0.29) is 10.6 Å². The first-order chi connectivity index (χ1) is 10.1. The van der Waals surface area contributed by atoms with E-state index < -0.39 is 11.7 Å². The van der Waals surface area contributed by atoms with Gasteiger partial charge >= 0.3 is 0 Å². The average molecular weight is 326 g/mol. The highest BCUT2D eigenvalue weighted by Crippen LogP contribution is 2.17. The van der Waals surface area contributed by atoms with Gasteiger partial charge in [-0.1, -0.05) is 23.7 Å². The molecule has 0 unspecified atom stereocenters. The molecule has 1 amide bonds. The van der Waals surface area contributed by atoms with Gasteiger partial charge in [-0.3, -0.25) is 4.79 Å². The number of benzene rings is 2. The summed E-state index contributed by atoms with van der Waals surface area (Å²) in [6.45, 7) is 0. The van der Waals surface area contributed by atoms with Gasteiger partial charge in [0, 0.05) is 16.6 Å². The smallest absolute Gasteiger partial charge is 0.258 e. The second-order valence-electron chi connectivity index (χ2n) is 4.57. The van der Waals surface area contributed by atoms with Crippen LogP contribution in [0.5, 0.6) is 0 Å². The van der Waals surface area contributed by atoms with Crippen molar-refractivity contribution >= 4 is 34.8 Å². The van der Waals surface area contributed by atoms with Gasteiger partial charge in [0.2, 0.25) is 0 Å². The van der Waals surface area contributed by atoms with Crippen LogP contribution in [0, 0.1) is 5.82 Å². The van der Waals surface area contributed by atoms with E-state index in [2.05, 4.69) is 5.32 Å². The number of hydrogen-bond acceptors (Lipinski definition) is 1. The van der Waals surface area contributed by atoms with Crippen molar-refractivity contribution in [3.8, 4) is 0 Å². The van der Waals surface area contributed by atoms with Gasteiger partial charge in [0.05, 0.1) is 5.56 Å². The molecule has 2 aromatic carbocycles. The van der Waals surface area contributed by atoms with Crippen molar-refractivity contribution in [1.29, 1.82) is 0 Å². The summed E-state index contributed by atoms with van der Waals surface area (Å²) < 4.78 is 13.7. The molecule has 21 heavy (non-hydrogen) atoms. The number of alkyl halides is 1. The molecule has 0 aromatic heterocycles. The van der Waals surface area contributed by atoms with Crippen LogP contribution in [-0.4, -0.2) is 11.8 Å². The van der Waals surface area contributed by atoms with Crippen molar-refractivity contribution in [2.75, 3.05) is 11.2 Å². The van der Waals surface area contributed by atoms with Crippen LogP contribution in [-0.2, 0) is 6.42 Å². The predicted octanol–water partition coefficient (Wildman–Crippen LogP) is 4.90. The molecule has 0 heterocycles. The Bertz CT molecular complexity index is 646. The lowest BCUT2D eigenvalue weighted by molar-refractivity contribution is 0.102.